The molecule has 0 atom stereocenters. The number of amides is 1. The molecule has 118 valence electrons. The fourth-order valence-corrected chi connectivity index (χ4v) is 3.16. The summed E-state index contributed by atoms with van der Waals surface area (Å²) in [6.07, 6.45) is 0. The lowest BCUT2D eigenvalue weighted by Crippen LogP contribution is -2.30. The van der Waals surface area contributed by atoms with Crippen LogP contribution >= 0.6 is 11.3 Å². The Hall–Kier alpha value is -2.54. The predicted octanol–water partition coefficient (Wildman–Crippen LogP) is 2.42. The van der Waals surface area contributed by atoms with Crippen LogP contribution < -0.4 is 10.9 Å². The molecule has 0 radical (unpaired) electrons. The Bertz CT molecular complexity index is 939. The second-order valence-corrected chi connectivity index (χ2v) is 6.51. The molecule has 3 aromatic rings. The minimum Gasteiger partial charge on any atom is -0.300 e. The van der Waals surface area contributed by atoms with Crippen molar-refractivity contribution in [1.82, 2.24) is 14.8 Å². The quantitative estimate of drug-likeness (QED) is 0.801. The molecule has 2 aromatic heterocycles. The summed E-state index contributed by atoms with van der Waals surface area (Å²) >= 11 is 1.41. The number of nitrogens with one attached hydrogen (secondary N) is 1. The maximum Gasteiger partial charge on any atom is 0.275 e. The topological polar surface area (TPSA) is 76.9 Å². The summed E-state index contributed by atoms with van der Waals surface area (Å²) in [5.41, 5.74) is 1.34. The van der Waals surface area contributed by atoms with E-state index in [-0.39, 0.29) is 18.0 Å². The lowest BCUT2D eigenvalue weighted by Gasteiger charge is -2.08. The van der Waals surface area contributed by atoms with Gasteiger partial charge in [0, 0.05) is 10.3 Å². The Morgan fingerprint density at radius 2 is 1.87 bits per heavy atom. The molecule has 0 spiro atoms. The van der Waals surface area contributed by atoms with Crippen molar-refractivity contribution in [1.29, 1.82) is 0 Å². The van der Waals surface area contributed by atoms with Crippen LogP contribution in [0.15, 0.2) is 29.1 Å². The number of thiazole rings is 1. The van der Waals surface area contributed by atoms with Gasteiger partial charge in [-0.2, -0.15) is 5.10 Å². The number of aromatic nitrogens is 3. The first-order valence-corrected chi connectivity index (χ1v) is 7.97. The number of hydrogen-bond acceptors (Lipinski definition) is 5. The highest BCUT2D eigenvalue weighted by molar-refractivity contribution is 7.15. The third-order valence-corrected chi connectivity index (χ3v) is 4.61. The van der Waals surface area contributed by atoms with Crippen molar-refractivity contribution in [2.75, 3.05) is 5.32 Å². The molecule has 0 fully saturated rings. The third-order valence-electron chi connectivity index (χ3n) is 3.62. The van der Waals surface area contributed by atoms with Crippen molar-refractivity contribution >= 4 is 33.1 Å². The largest absolute Gasteiger partial charge is 0.300 e. The second-order valence-electron chi connectivity index (χ2n) is 5.30. The van der Waals surface area contributed by atoms with Crippen LogP contribution in [-0.2, 0) is 11.3 Å². The number of aryl methyl sites for hydroxylation is 3. The predicted molar refractivity (Wildman–Crippen MR) is 91.0 cm³/mol. The van der Waals surface area contributed by atoms with E-state index in [1.165, 1.54) is 16.0 Å². The van der Waals surface area contributed by atoms with Crippen LogP contribution in [0, 0.1) is 20.8 Å². The van der Waals surface area contributed by atoms with Crippen LogP contribution in [0.2, 0.25) is 0 Å². The molecule has 0 bridgehead atoms. The summed E-state index contributed by atoms with van der Waals surface area (Å²) in [6, 6.07) is 7.26. The Kier molecular flexibility index (Phi) is 3.96. The molecule has 2 heterocycles. The summed E-state index contributed by atoms with van der Waals surface area (Å²) in [4.78, 5) is 29.9. The van der Waals surface area contributed by atoms with Gasteiger partial charge in [-0.05, 0) is 26.8 Å². The first-order chi connectivity index (χ1) is 11.0. The SMILES string of the molecule is Cc1nc(NC(=O)Cn2nc(C)c3ccccc3c2=O)sc1C. The number of carbonyl (C=O) groups is 1. The van der Waals surface area contributed by atoms with E-state index >= 15 is 0 Å². The van der Waals surface area contributed by atoms with Crippen LogP contribution in [0.25, 0.3) is 10.8 Å². The minimum absolute atomic E-state index is 0.137. The van der Waals surface area contributed by atoms with Crippen molar-refractivity contribution in [3.63, 3.8) is 0 Å². The molecule has 7 heteroatoms. The third kappa shape index (κ3) is 3.00. The van der Waals surface area contributed by atoms with Crippen molar-refractivity contribution in [2.24, 2.45) is 0 Å². The van der Waals surface area contributed by atoms with Crippen molar-refractivity contribution in [3.05, 3.63) is 50.9 Å². The van der Waals surface area contributed by atoms with Gasteiger partial charge in [0.05, 0.1) is 16.8 Å². The molecule has 1 N–H and O–H groups in total. The summed E-state index contributed by atoms with van der Waals surface area (Å²) in [5.74, 6) is -0.317. The van der Waals surface area contributed by atoms with E-state index in [1.807, 2.05) is 32.9 Å². The van der Waals surface area contributed by atoms with E-state index in [4.69, 9.17) is 0 Å². The Labute approximate surface area is 136 Å². The summed E-state index contributed by atoms with van der Waals surface area (Å²) < 4.78 is 1.19. The Balaban J connectivity index is 1.88. The Morgan fingerprint density at radius 1 is 1.17 bits per heavy atom. The van der Waals surface area contributed by atoms with Gasteiger partial charge >= 0.3 is 0 Å². The maximum atomic E-state index is 12.4. The minimum atomic E-state index is -0.317. The lowest BCUT2D eigenvalue weighted by atomic mass is 10.1. The van der Waals surface area contributed by atoms with E-state index in [0.29, 0.717) is 16.2 Å². The van der Waals surface area contributed by atoms with Gasteiger partial charge in [0.15, 0.2) is 5.13 Å². The highest BCUT2D eigenvalue weighted by Gasteiger charge is 2.12. The fourth-order valence-electron chi connectivity index (χ4n) is 2.33. The van der Waals surface area contributed by atoms with Crippen LogP contribution in [-0.4, -0.2) is 20.7 Å². The number of carbonyl (C=O) groups excluding carboxylic acids is 1. The Morgan fingerprint density at radius 3 is 2.52 bits per heavy atom. The van der Waals surface area contributed by atoms with Crippen molar-refractivity contribution < 1.29 is 4.79 Å². The molecule has 0 aliphatic carbocycles. The molecule has 3 rings (SSSR count). The van der Waals surface area contributed by atoms with Crippen LogP contribution in [0.1, 0.15) is 16.3 Å². The molecule has 23 heavy (non-hydrogen) atoms. The zero-order valence-corrected chi connectivity index (χ0v) is 13.9. The smallest absolute Gasteiger partial charge is 0.275 e. The van der Waals surface area contributed by atoms with Gasteiger partial charge in [0.25, 0.3) is 5.56 Å². The normalized spacial score (nSPS) is 10.9. The summed E-state index contributed by atoms with van der Waals surface area (Å²) in [7, 11) is 0. The summed E-state index contributed by atoms with van der Waals surface area (Å²) in [5, 5.41) is 8.85. The molecule has 0 saturated heterocycles. The van der Waals surface area contributed by atoms with Crippen molar-refractivity contribution in [3.8, 4) is 0 Å². The van der Waals surface area contributed by atoms with Gasteiger partial charge in [0.1, 0.15) is 6.54 Å². The zero-order chi connectivity index (χ0) is 16.6. The van der Waals surface area contributed by atoms with Gasteiger partial charge in [-0.3, -0.25) is 9.59 Å². The number of rotatable bonds is 3. The van der Waals surface area contributed by atoms with E-state index in [1.54, 1.807) is 12.1 Å². The molecule has 0 unspecified atom stereocenters. The zero-order valence-electron chi connectivity index (χ0n) is 13.1. The number of benzene rings is 1. The van der Waals surface area contributed by atoms with Gasteiger partial charge in [-0.1, -0.05) is 18.2 Å². The van der Waals surface area contributed by atoms with Gasteiger partial charge in [0.2, 0.25) is 5.91 Å². The molecule has 1 amide bonds. The molecule has 6 nitrogen and oxygen atoms in total. The molecule has 0 saturated carbocycles. The molecular formula is C16H16N4O2S. The maximum absolute atomic E-state index is 12.4. The van der Waals surface area contributed by atoms with E-state index in [9.17, 15) is 9.59 Å². The van der Waals surface area contributed by atoms with Gasteiger partial charge in [-0.25, -0.2) is 9.67 Å². The number of hydrogen-bond donors (Lipinski definition) is 1. The second kappa shape index (κ2) is 5.92. The van der Waals surface area contributed by atoms with Gasteiger partial charge < -0.3 is 5.32 Å². The van der Waals surface area contributed by atoms with E-state index < -0.39 is 0 Å². The highest BCUT2D eigenvalue weighted by Crippen LogP contribution is 2.21. The van der Waals surface area contributed by atoms with Crippen molar-refractivity contribution in [2.45, 2.75) is 27.3 Å². The fraction of sp³-hybridized carbons (Fsp3) is 0.250. The summed E-state index contributed by atoms with van der Waals surface area (Å²) in [6.45, 7) is 5.52. The van der Waals surface area contributed by atoms with Gasteiger partial charge in [-0.15, -0.1) is 11.3 Å². The molecule has 0 aliphatic rings. The monoisotopic (exact) mass is 328 g/mol. The number of fused-ring (bicyclic) bond motifs is 1. The first-order valence-electron chi connectivity index (χ1n) is 7.16. The standard InChI is InChI=1S/C16H16N4O2S/c1-9-11(3)23-16(17-9)18-14(21)8-20-15(22)13-7-5-4-6-12(13)10(2)19-20/h4-7H,8H2,1-3H3,(H,17,18,21). The number of anilines is 1. The van der Waals surface area contributed by atoms with E-state index in [2.05, 4.69) is 15.4 Å². The lowest BCUT2D eigenvalue weighted by molar-refractivity contribution is -0.117. The first kappa shape index (κ1) is 15.4. The van der Waals surface area contributed by atoms with Crippen LogP contribution in [0.4, 0.5) is 5.13 Å². The average molecular weight is 328 g/mol. The van der Waals surface area contributed by atoms with E-state index in [0.717, 1.165) is 16.0 Å². The molecular weight excluding hydrogens is 312 g/mol. The molecule has 1 aromatic carbocycles. The number of nitrogens with zero attached hydrogens (tertiary/aromatic N) is 3. The molecule has 0 aliphatic heterocycles. The average Bonchev–Trinajstić information content (AvgIpc) is 2.82. The van der Waals surface area contributed by atoms with Crippen LogP contribution in [0.3, 0.4) is 0 Å². The highest BCUT2D eigenvalue weighted by atomic mass is 32.1. The van der Waals surface area contributed by atoms with Crippen LogP contribution in [0.5, 0.6) is 0 Å².